The Morgan fingerprint density at radius 3 is 2.39 bits per heavy atom. The number of hydrogen-bond acceptors (Lipinski definition) is 8. The first-order chi connectivity index (χ1) is 16.0. The lowest BCUT2D eigenvalue weighted by Crippen LogP contribution is -2.39. The van der Waals surface area contributed by atoms with Gasteiger partial charge in [0, 0.05) is 25.9 Å². The highest BCUT2D eigenvalue weighted by atomic mass is 32.1. The predicted molar refractivity (Wildman–Crippen MR) is 116 cm³/mol. The normalized spacial score (nSPS) is 15.1. The minimum absolute atomic E-state index is 0.130. The highest BCUT2D eigenvalue weighted by Gasteiger charge is 2.35. The van der Waals surface area contributed by atoms with Gasteiger partial charge in [-0.1, -0.05) is 18.2 Å². The molecule has 170 valence electrons. The maximum Gasteiger partial charge on any atom is 0.419 e. The van der Waals surface area contributed by atoms with E-state index < -0.39 is 11.7 Å². The molecule has 0 unspecified atom stereocenters. The van der Waals surface area contributed by atoms with Crippen molar-refractivity contribution < 1.29 is 22.3 Å². The molecule has 0 atom stereocenters. The summed E-state index contributed by atoms with van der Waals surface area (Å²) in [5.74, 6) is 1.26. The molecule has 0 aliphatic carbocycles. The number of halogens is 3. The highest BCUT2D eigenvalue weighted by molar-refractivity contribution is 7.13. The number of piperidine rings is 1. The molecule has 1 aliphatic rings. The Morgan fingerprint density at radius 1 is 0.909 bits per heavy atom. The third kappa shape index (κ3) is 4.68. The Morgan fingerprint density at radius 2 is 1.70 bits per heavy atom. The summed E-state index contributed by atoms with van der Waals surface area (Å²) < 4.78 is 51.0. The summed E-state index contributed by atoms with van der Waals surface area (Å²) in [6, 6.07) is 12.7. The molecule has 3 aromatic heterocycles. The number of ether oxygens (including phenoxy) is 1. The van der Waals surface area contributed by atoms with Crippen LogP contribution in [0.3, 0.4) is 0 Å². The summed E-state index contributed by atoms with van der Waals surface area (Å²) in [6.07, 6.45) is -3.60. The molecule has 0 saturated carbocycles. The number of para-hydroxylation sites is 1. The van der Waals surface area contributed by atoms with Crippen LogP contribution in [0, 0.1) is 0 Å². The van der Waals surface area contributed by atoms with E-state index in [0.29, 0.717) is 43.3 Å². The molecule has 0 radical (unpaired) electrons. The first-order valence-electron chi connectivity index (χ1n) is 10.3. The Bertz CT molecular complexity index is 1200. The van der Waals surface area contributed by atoms with Crippen LogP contribution in [-0.4, -0.2) is 39.6 Å². The monoisotopic (exact) mass is 473 g/mol. The van der Waals surface area contributed by atoms with Crippen LogP contribution < -0.4 is 9.64 Å². The van der Waals surface area contributed by atoms with Crippen molar-refractivity contribution in [3.05, 3.63) is 59.5 Å². The first-order valence-corrected chi connectivity index (χ1v) is 11.1. The van der Waals surface area contributed by atoms with Crippen LogP contribution in [0.1, 0.15) is 18.4 Å². The molecule has 11 heteroatoms. The van der Waals surface area contributed by atoms with Gasteiger partial charge in [0.05, 0.1) is 10.4 Å². The quantitative estimate of drug-likeness (QED) is 0.388. The predicted octanol–water partition coefficient (Wildman–Crippen LogP) is 5.32. The number of aromatic nitrogens is 4. The number of anilines is 1. The molecule has 1 saturated heterocycles. The zero-order valence-corrected chi connectivity index (χ0v) is 18.0. The molecule has 1 aliphatic heterocycles. The third-order valence-electron chi connectivity index (χ3n) is 5.28. The van der Waals surface area contributed by atoms with Gasteiger partial charge in [0.25, 0.3) is 11.8 Å². The zero-order valence-electron chi connectivity index (χ0n) is 17.2. The van der Waals surface area contributed by atoms with E-state index >= 15 is 0 Å². The molecule has 4 aromatic rings. The van der Waals surface area contributed by atoms with E-state index in [9.17, 15) is 13.2 Å². The van der Waals surface area contributed by atoms with Gasteiger partial charge >= 0.3 is 6.18 Å². The fourth-order valence-electron chi connectivity index (χ4n) is 3.62. The Kier molecular flexibility index (Phi) is 5.71. The SMILES string of the molecule is FC(F)(F)c1ccccc1OC1CCN(c2ccc(-c3nnc(-c4cccs4)o3)nn2)CC1. The van der Waals surface area contributed by atoms with Crippen LogP contribution in [0.15, 0.2) is 58.3 Å². The van der Waals surface area contributed by atoms with Crippen molar-refractivity contribution in [2.45, 2.75) is 25.1 Å². The van der Waals surface area contributed by atoms with E-state index in [1.807, 2.05) is 28.5 Å². The maximum absolute atomic E-state index is 13.2. The Balaban J connectivity index is 1.21. The average molecular weight is 473 g/mol. The molecule has 33 heavy (non-hydrogen) atoms. The molecule has 0 N–H and O–H groups in total. The second-order valence-corrected chi connectivity index (χ2v) is 8.41. The molecule has 4 heterocycles. The summed E-state index contributed by atoms with van der Waals surface area (Å²) >= 11 is 1.50. The van der Waals surface area contributed by atoms with E-state index in [2.05, 4.69) is 20.4 Å². The zero-order chi connectivity index (χ0) is 22.8. The Hall–Kier alpha value is -3.47. The van der Waals surface area contributed by atoms with Crippen molar-refractivity contribution in [1.29, 1.82) is 0 Å². The van der Waals surface area contributed by atoms with E-state index in [-0.39, 0.29) is 17.7 Å². The van der Waals surface area contributed by atoms with Gasteiger partial charge in [-0.3, -0.25) is 0 Å². The summed E-state index contributed by atoms with van der Waals surface area (Å²) in [5.41, 5.74) is -0.284. The lowest BCUT2D eigenvalue weighted by atomic mass is 10.1. The molecule has 7 nitrogen and oxygen atoms in total. The topological polar surface area (TPSA) is 77.2 Å². The number of nitrogens with zero attached hydrogens (tertiary/aromatic N) is 5. The molecular formula is C22H18F3N5O2S. The lowest BCUT2D eigenvalue weighted by molar-refractivity contribution is -0.139. The molecule has 1 fully saturated rings. The smallest absolute Gasteiger partial charge is 0.419 e. The van der Waals surface area contributed by atoms with Crippen molar-refractivity contribution in [3.63, 3.8) is 0 Å². The highest BCUT2D eigenvalue weighted by Crippen LogP contribution is 2.37. The number of thiophene rings is 1. The molecule has 5 rings (SSSR count). The molecular weight excluding hydrogens is 455 g/mol. The first kappa shape index (κ1) is 21.4. The second-order valence-electron chi connectivity index (χ2n) is 7.46. The van der Waals surface area contributed by atoms with Gasteiger partial charge in [-0.25, -0.2) is 0 Å². The van der Waals surface area contributed by atoms with Crippen molar-refractivity contribution in [2.24, 2.45) is 0 Å². The van der Waals surface area contributed by atoms with Gasteiger partial charge < -0.3 is 14.1 Å². The number of hydrogen-bond donors (Lipinski definition) is 0. The van der Waals surface area contributed by atoms with Crippen molar-refractivity contribution in [1.82, 2.24) is 20.4 Å². The molecule has 1 aromatic carbocycles. The van der Waals surface area contributed by atoms with E-state index in [1.165, 1.54) is 23.5 Å². The van der Waals surface area contributed by atoms with E-state index in [4.69, 9.17) is 9.15 Å². The third-order valence-corrected chi connectivity index (χ3v) is 6.14. The second kappa shape index (κ2) is 8.81. The number of benzene rings is 1. The molecule has 0 spiro atoms. The minimum Gasteiger partial charge on any atom is -0.490 e. The van der Waals surface area contributed by atoms with Crippen LogP contribution in [0.25, 0.3) is 22.4 Å². The largest absolute Gasteiger partial charge is 0.490 e. The summed E-state index contributed by atoms with van der Waals surface area (Å²) in [7, 11) is 0. The van der Waals surface area contributed by atoms with Gasteiger partial charge in [-0.2, -0.15) is 13.2 Å². The van der Waals surface area contributed by atoms with E-state index in [0.717, 1.165) is 10.9 Å². The summed E-state index contributed by atoms with van der Waals surface area (Å²) in [6.45, 7) is 1.19. The standard InChI is InChI=1S/C22H18F3N5O2S/c23-22(24,25)15-4-1-2-5-17(15)31-14-9-11-30(12-10-14)19-8-7-16(26-27-19)20-28-29-21(32-20)18-6-3-13-33-18/h1-8,13-14H,9-12H2. The van der Waals surface area contributed by atoms with Gasteiger partial charge in [-0.15, -0.1) is 31.7 Å². The van der Waals surface area contributed by atoms with Crippen LogP contribution in [-0.2, 0) is 6.18 Å². The van der Waals surface area contributed by atoms with Crippen molar-refractivity contribution in [2.75, 3.05) is 18.0 Å². The van der Waals surface area contributed by atoms with Gasteiger partial charge in [0.15, 0.2) is 5.82 Å². The van der Waals surface area contributed by atoms with Gasteiger partial charge in [-0.05, 0) is 35.7 Å². The molecule has 0 amide bonds. The fourth-order valence-corrected chi connectivity index (χ4v) is 4.26. The lowest BCUT2D eigenvalue weighted by Gasteiger charge is -2.33. The fraction of sp³-hybridized carbons (Fsp3) is 0.273. The van der Waals surface area contributed by atoms with Crippen molar-refractivity contribution in [3.8, 4) is 28.1 Å². The van der Waals surface area contributed by atoms with Crippen LogP contribution in [0.2, 0.25) is 0 Å². The molecule has 0 bridgehead atoms. The van der Waals surface area contributed by atoms with Gasteiger partial charge in [0.1, 0.15) is 17.5 Å². The van der Waals surface area contributed by atoms with Gasteiger partial charge in [0.2, 0.25) is 0 Å². The Labute approximate surface area is 190 Å². The summed E-state index contributed by atoms with van der Waals surface area (Å²) in [5, 5.41) is 18.5. The van der Waals surface area contributed by atoms with Crippen LogP contribution in [0.5, 0.6) is 5.75 Å². The number of rotatable bonds is 5. The van der Waals surface area contributed by atoms with E-state index in [1.54, 1.807) is 12.1 Å². The minimum atomic E-state index is -4.45. The van der Waals surface area contributed by atoms with Crippen LogP contribution in [0.4, 0.5) is 19.0 Å². The summed E-state index contributed by atoms with van der Waals surface area (Å²) in [4.78, 5) is 2.90. The van der Waals surface area contributed by atoms with Crippen molar-refractivity contribution >= 4 is 17.2 Å². The number of alkyl halides is 3. The maximum atomic E-state index is 13.2. The van der Waals surface area contributed by atoms with Crippen LogP contribution >= 0.6 is 11.3 Å². The average Bonchev–Trinajstić information content (AvgIpc) is 3.52.